The minimum atomic E-state index is -1.52. The van der Waals surface area contributed by atoms with Crippen molar-refractivity contribution in [3.8, 4) is 5.75 Å². The number of nitrogens with one attached hydrogen (secondary N) is 10. The second kappa shape index (κ2) is 52.5. The Morgan fingerprint density at radius 2 is 0.667 bits per heavy atom. The van der Waals surface area contributed by atoms with E-state index in [4.69, 9.17) is 46.8 Å². The molecule has 0 aromatic heterocycles. The summed E-state index contributed by atoms with van der Waals surface area (Å²) in [6.45, 7) is 2.01. The number of thiol groups is 1. The minimum Gasteiger partial charge on any atom is -0.429 e. The van der Waals surface area contributed by atoms with Gasteiger partial charge in [0.15, 0.2) is 18.9 Å². The largest absolute Gasteiger partial charge is 0.429 e. The highest BCUT2D eigenvalue weighted by Crippen LogP contribution is 2.26. The Hall–Kier alpha value is -6.65. The van der Waals surface area contributed by atoms with E-state index >= 15 is 0 Å². The molecule has 108 heavy (non-hydrogen) atoms. The van der Waals surface area contributed by atoms with E-state index in [0.717, 1.165) is 0 Å². The van der Waals surface area contributed by atoms with Gasteiger partial charge < -0.3 is 146 Å². The summed E-state index contributed by atoms with van der Waals surface area (Å²) in [6.07, 6.45) is -12.1. The van der Waals surface area contributed by atoms with Crippen LogP contribution in [0.2, 0.25) is 0 Å². The lowest BCUT2D eigenvalue weighted by Gasteiger charge is -2.42. The number of hydrogen-bond donors (Lipinski definition) is 20. The van der Waals surface area contributed by atoms with Gasteiger partial charge in [0.25, 0.3) is 5.91 Å². The number of benzene rings is 1. The van der Waals surface area contributed by atoms with Crippen molar-refractivity contribution in [1.29, 1.82) is 0 Å². The Balaban J connectivity index is 1.25. The number of aliphatic hydroxyl groups is 9. The lowest BCUT2D eigenvalue weighted by Crippen LogP contribution is -2.64. The van der Waals surface area contributed by atoms with Crippen molar-refractivity contribution in [3.05, 3.63) is 29.8 Å². The second-order valence-electron chi connectivity index (χ2n) is 26.2. The van der Waals surface area contributed by atoms with E-state index in [1.807, 2.05) is 0 Å². The van der Waals surface area contributed by atoms with Crippen LogP contribution in [0, 0.1) is 0 Å². The van der Waals surface area contributed by atoms with Crippen molar-refractivity contribution in [2.45, 2.75) is 215 Å². The van der Waals surface area contributed by atoms with E-state index in [0.29, 0.717) is 63.5 Å². The van der Waals surface area contributed by atoms with Gasteiger partial charge in [0.1, 0.15) is 84.3 Å². The predicted molar refractivity (Wildman–Crippen MR) is 380 cm³/mol. The van der Waals surface area contributed by atoms with Crippen LogP contribution in [-0.2, 0) is 85.8 Å². The maximum atomic E-state index is 14.0. The molecule has 0 radical (unpaired) electrons. The van der Waals surface area contributed by atoms with Crippen LogP contribution < -0.4 is 57.4 Å². The monoisotopic (exact) mass is 1570 g/mol. The molecule has 3 saturated heterocycles. The normalized spacial score (nSPS) is 24.5. The number of unbranched alkanes of at least 4 members (excludes halogenated alkanes) is 3. The summed E-state index contributed by atoms with van der Waals surface area (Å²) in [7, 11) is 0. The van der Waals surface area contributed by atoms with Gasteiger partial charge in [0.2, 0.25) is 53.2 Å². The molecule has 0 saturated carbocycles. The molecule has 3 fully saturated rings. The molecule has 0 bridgehead atoms. The standard InChI is InChI=1S/C68H114N10O29S/c1-41(82)75-55-61(94)58(91)46(35-79)104-65(55)101-29-7-4-13-49(85)69-23-10-26-72-52(88)20-32-98-38-68(78-64(97)44-16-18-45(107-108)19-17-44,39-99-33-21-53(89)73-27-11-24-70-50(86)14-5-8-30-102-66-56(76-42(2)83)62(95)59(92)47(36-80)105-66)40-100-34-22-54(90)74-28-12-25-71-51(87)15-6-9-31-103-67-57(77-43(3)84)63(96)60(93)48(37-81)106-67/h16-19,46-48,55-63,65-67,79-81,91-96,108H,4-15,20-40H2,1-3H3,(H,69,85)(H,70,86)(H,71,87)(H,72,88)(H,73,89)(H,74,90)(H,75,82)(H,76,83)(H,77,84)(H,78,97). The van der Waals surface area contributed by atoms with Gasteiger partial charge >= 0.3 is 0 Å². The molecule has 0 spiro atoms. The van der Waals surface area contributed by atoms with Gasteiger partial charge in [-0.1, -0.05) is 0 Å². The highest BCUT2D eigenvalue weighted by Gasteiger charge is 2.48. The number of carbonyl (C=O) groups is 10. The first-order chi connectivity index (χ1) is 51.7. The van der Waals surface area contributed by atoms with Crippen LogP contribution in [0.1, 0.15) is 127 Å². The molecule has 0 aliphatic carbocycles. The molecule has 3 aliphatic heterocycles. The Morgan fingerprint density at radius 3 is 0.926 bits per heavy atom. The number of hydrogen-bond acceptors (Lipinski definition) is 30. The lowest BCUT2D eigenvalue weighted by atomic mass is 9.97. The molecule has 1 aromatic rings. The molecule has 10 amide bonds. The van der Waals surface area contributed by atoms with Gasteiger partial charge in [0.05, 0.1) is 59.5 Å². The van der Waals surface area contributed by atoms with Crippen LogP contribution in [0.3, 0.4) is 0 Å². The van der Waals surface area contributed by atoms with E-state index in [-0.39, 0.29) is 161 Å². The molecule has 15 atom stereocenters. The molecule has 3 aliphatic rings. The van der Waals surface area contributed by atoms with Crippen LogP contribution in [-0.4, -0.2) is 321 Å². The fraction of sp³-hybridized carbons (Fsp3) is 0.765. The summed E-state index contributed by atoms with van der Waals surface area (Å²) in [6, 6.07) is 2.69. The first-order valence-electron chi connectivity index (χ1n) is 36.4. The third-order valence-corrected chi connectivity index (χ3v) is 17.4. The maximum Gasteiger partial charge on any atom is 0.251 e. The number of amides is 10. The van der Waals surface area contributed by atoms with Crippen LogP contribution in [0.4, 0.5) is 0 Å². The van der Waals surface area contributed by atoms with Crippen LogP contribution in [0.15, 0.2) is 24.3 Å². The van der Waals surface area contributed by atoms with E-state index in [1.165, 1.54) is 45.0 Å². The molecule has 19 N–H and O–H groups in total. The topological polar surface area (TPSA) is 565 Å². The molecule has 3 heterocycles. The number of ether oxygens (including phenoxy) is 9. The molecule has 616 valence electrons. The Bertz CT molecular complexity index is 2620. The van der Waals surface area contributed by atoms with Crippen molar-refractivity contribution in [2.24, 2.45) is 0 Å². The first-order valence-corrected chi connectivity index (χ1v) is 36.7. The lowest BCUT2D eigenvalue weighted by molar-refractivity contribution is -0.270. The van der Waals surface area contributed by atoms with Crippen LogP contribution in [0.25, 0.3) is 0 Å². The van der Waals surface area contributed by atoms with Crippen LogP contribution >= 0.6 is 12.9 Å². The quantitative estimate of drug-likeness (QED) is 0.0164. The summed E-state index contributed by atoms with van der Waals surface area (Å²) >= 11 is 3.82. The van der Waals surface area contributed by atoms with Gasteiger partial charge in [-0.3, -0.25) is 47.9 Å². The van der Waals surface area contributed by atoms with Crippen molar-refractivity contribution < 1.29 is 141 Å². The Morgan fingerprint density at radius 1 is 0.389 bits per heavy atom. The van der Waals surface area contributed by atoms with Gasteiger partial charge in [-0.2, -0.15) is 0 Å². The third kappa shape index (κ3) is 35.6. The molecule has 4 rings (SSSR count). The maximum absolute atomic E-state index is 14.0. The number of rotatable bonds is 54. The SMILES string of the molecule is CC(=O)NC1C(OCCCCC(=O)NCCCNC(=O)CCOCC(COCCC(=O)NCCCNC(=O)CCCCOC2OC(CO)C(O)C(O)C2NC(C)=O)(COCCC(=O)NCCCNC(=O)CCCCOC2OC(CO)C(O)C(O)C2NC(C)=O)NC(=O)c2ccc(OS)cc2)OC(CO)C(O)C1O. The van der Waals surface area contributed by atoms with E-state index in [1.54, 1.807) is 0 Å². The molecule has 40 heteroatoms. The third-order valence-electron chi connectivity index (χ3n) is 17.1. The first kappa shape index (κ1) is 93.7. The fourth-order valence-corrected chi connectivity index (χ4v) is 11.4. The zero-order chi connectivity index (χ0) is 79.4. The van der Waals surface area contributed by atoms with Crippen LogP contribution in [0.5, 0.6) is 5.75 Å². The smallest absolute Gasteiger partial charge is 0.251 e. The Kier molecular flexibility index (Phi) is 45.6. The predicted octanol–water partition coefficient (Wildman–Crippen LogP) is -6.14. The molecule has 39 nitrogen and oxygen atoms in total. The number of carbonyl (C=O) groups excluding carboxylic acids is 10. The summed E-state index contributed by atoms with van der Waals surface area (Å²) in [5.74, 6) is -3.71. The summed E-state index contributed by atoms with van der Waals surface area (Å²) in [5, 5.41) is 118. The van der Waals surface area contributed by atoms with E-state index in [9.17, 15) is 93.9 Å². The van der Waals surface area contributed by atoms with E-state index < -0.39 is 159 Å². The Labute approximate surface area is 632 Å². The minimum absolute atomic E-state index is 0.0744. The van der Waals surface area contributed by atoms with Gasteiger partial charge in [-0.25, -0.2) is 0 Å². The fourth-order valence-electron chi connectivity index (χ4n) is 11.3. The van der Waals surface area contributed by atoms with Gasteiger partial charge in [-0.15, -0.1) is 0 Å². The van der Waals surface area contributed by atoms with Crippen molar-refractivity contribution in [2.75, 3.05) is 119 Å². The summed E-state index contributed by atoms with van der Waals surface area (Å²) in [4.78, 5) is 126. The number of aliphatic hydroxyl groups excluding tert-OH is 9. The van der Waals surface area contributed by atoms with Crippen molar-refractivity contribution >= 4 is 72.0 Å². The average Bonchev–Trinajstić information content (AvgIpc) is 0.816. The molecular weight excluding hydrogens is 1450 g/mol. The zero-order valence-electron chi connectivity index (χ0n) is 61.4. The zero-order valence-corrected chi connectivity index (χ0v) is 62.3. The van der Waals surface area contributed by atoms with Gasteiger partial charge in [-0.05, 0) is 82.1 Å². The highest BCUT2D eigenvalue weighted by molar-refractivity contribution is 7.75. The van der Waals surface area contributed by atoms with Crippen molar-refractivity contribution in [3.63, 3.8) is 0 Å². The summed E-state index contributed by atoms with van der Waals surface area (Å²) < 4.78 is 56.9. The van der Waals surface area contributed by atoms with E-state index in [2.05, 4.69) is 66.1 Å². The molecule has 15 unspecified atom stereocenters. The molecular formula is C68H114N10O29S. The van der Waals surface area contributed by atoms with Gasteiger partial charge in [0, 0.05) is 137 Å². The molecule has 1 aromatic carbocycles. The second-order valence-corrected chi connectivity index (χ2v) is 26.4. The highest BCUT2D eigenvalue weighted by atomic mass is 32.1. The van der Waals surface area contributed by atoms with Crippen molar-refractivity contribution in [1.82, 2.24) is 53.2 Å². The summed E-state index contributed by atoms with van der Waals surface area (Å²) in [5.41, 5.74) is -1.34. The average molecular weight is 1570 g/mol.